The van der Waals surface area contributed by atoms with Gasteiger partial charge in [-0.05, 0) is 12.1 Å². The summed E-state index contributed by atoms with van der Waals surface area (Å²) in [7, 11) is -1.54. The van der Waals surface area contributed by atoms with Crippen molar-refractivity contribution in [2.24, 2.45) is 7.05 Å². The summed E-state index contributed by atoms with van der Waals surface area (Å²) in [6, 6.07) is 3.09. The zero-order valence-corrected chi connectivity index (χ0v) is 10.8. The third-order valence-corrected chi connectivity index (χ3v) is 3.36. The monoisotopic (exact) mass is 267 g/mol. The quantitative estimate of drug-likeness (QED) is 0.852. The molecular weight excluding hydrogens is 254 g/mol. The maximum absolute atomic E-state index is 11.6. The van der Waals surface area contributed by atoms with Crippen molar-refractivity contribution in [3.8, 4) is 0 Å². The van der Waals surface area contributed by atoms with Gasteiger partial charge in [0, 0.05) is 19.5 Å². The summed E-state index contributed by atoms with van der Waals surface area (Å²) in [5, 5.41) is 7.00. The largest absolute Gasteiger partial charge is 0.362 e. The first-order valence-corrected chi connectivity index (χ1v) is 7.09. The first-order valence-electron chi connectivity index (χ1n) is 5.20. The normalized spacial score (nSPS) is 11.4. The van der Waals surface area contributed by atoms with E-state index < -0.39 is 9.84 Å². The second-order valence-electron chi connectivity index (χ2n) is 3.81. The minimum absolute atomic E-state index is 0.168. The molecule has 0 aliphatic heterocycles. The van der Waals surface area contributed by atoms with Gasteiger partial charge >= 0.3 is 0 Å². The number of nitrogens with one attached hydrogen (secondary N) is 1. The van der Waals surface area contributed by atoms with Crippen LogP contribution >= 0.6 is 0 Å². The molecule has 2 aromatic rings. The molecular formula is C10H13N5O2S. The summed E-state index contributed by atoms with van der Waals surface area (Å²) in [4.78, 5) is 8.22. The van der Waals surface area contributed by atoms with Crippen LogP contribution in [-0.2, 0) is 23.4 Å². The highest BCUT2D eigenvalue weighted by Crippen LogP contribution is 2.17. The molecule has 0 amide bonds. The van der Waals surface area contributed by atoms with E-state index >= 15 is 0 Å². The number of hydrogen-bond donors (Lipinski definition) is 1. The lowest BCUT2D eigenvalue weighted by Gasteiger charge is -2.07. The fourth-order valence-corrected chi connectivity index (χ4v) is 2.25. The predicted octanol–water partition coefficient (Wildman–Crippen LogP) is 0.226. The SMILES string of the molecule is Cn1cnc(CNc2ncccc2S(C)(=O)=O)n1. The molecule has 8 heteroatoms. The molecule has 0 radical (unpaired) electrons. The van der Waals surface area contributed by atoms with Crippen LogP contribution in [0.25, 0.3) is 0 Å². The molecule has 0 saturated heterocycles. The lowest BCUT2D eigenvalue weighted by atomic mass is 10.4. The summed E-state index contributed by atoms with van der Waals surface area (Å²) in [6.07, 6.45) is 4.25. The van der Waals surface area contributed by atoms with Crippen LogP contribution < -0.4 is 5.32 Å². The summed E-state index contributed by atoms with van der Waals surface area (Å²) in [5.74, 6) is 0.884. The van der Waals surface area contributed by atoms with E-state index in [1.165, 1.54) is 12.3 Å². The van der Waals surface area contributed by atoms with E-state index in [1.54, 1.807) is 24.1 Å². The van der Waals surface area contributed by atoms with Crippen molar-refractivity contribution in [2.45, 2.75) is 11.4 Å². The first-order chi connectivity index (χ1) is 8.47. The van der Waals surface area contributed by atoms with Gasteiger partial charge in [-0.25, -0.2) is 18.4 Å². The van der Waals surface area contributed by atoms with Crippen molar-refractivity contribution in [1.29, 1.82) is 0 Å². The number of anilines is 1. The first kappa shape index (κ1) is 12.5. The van der Waals surface area contributed by atoms with Crippen LogP contribution in [0, 0.1) is 0 Å². The Morgan fingerprint density at radius 2 is 2.17 bits per heavy atom. The van der Waals surface area contributed by atoms with E-state index in [0.29, 0.717) is 18.2 Å². The average Bonchev–Trinajstić information content (AvgIpc) is 2.72. The number of hydrogen-bond acceptors (Lipinski definition) is 6. The van der Waals surface area contributed by atoms with Crippen LogP contribution in [0.4, 0.5) is 5.82 Å². The molecule has 0 saturated carbocycles. The van der Waals surface area contributed by atoms with Gasteiger partial charge in [-0.3, -0.25) is 4.68 Å². The van der Waals surface area contributed by atoms with Gasteiger partial charge in [0.2, 0.25) is 0 Å². The topological polar surface area (TPSA) is 89.8 Å². The molecule has 0 aliphatic rings. The number of nitrogens with zero attached hydrogens (tertiary/aromatic N) is 4. The minimum atomic E-state index is -3.30. The third-order valence-electron chi connectivity index (χ3n) is 2.23. The van der Waals surface area contributed by atoms with Crippen molar-refractivity contribution in [3.63, 3.8) is 0 Å². The van der Waals surface area contributed by atoms with Gasteiger partial charge in [-0.2, -0.15) is 5.10 Å². The van der Waals surface area contributed by atoms with Gasteiger partial charge in [0.05, 0.1) is 6.54 Å². The average molecular weight is 267 g/mol. The summed E-state index contributed by atoms with van der Waals surface area (Å²) in [6.45, 7) is 0.320. The lowest BCUT2D eigenvalue weighted by molar-refractivity contribution is 0.601. The molecule has 0 unspecified atom stereocenters. The van der Waals surface area contributed by atoms with Gasteiger partial charge in [-0.1, -0.05) is 0 Å². The van der Waals surface area contributed by atoms with E-state index in [9.17, 15) is 8.42 Å². The highest BCUT2D eigenvalue weighted by atomic mass is 32.2. The molecule has 2 rings (SSSR count). The van der Waals surface area contributed by atoms with Gasteiger partial charge < -0.3 is 5.32 Å². The van der Waals surface area contributed by atoms with Gasteiger partial charge in [0.25, 0.3) is 0 Å². The molecule has 0 spiro atoms. The minimum Gasteiger partial charge on any atom is -0.362 e. The number of pyridine rings is 1. The Kier molecular flexibility index (Phi) is 3.28. The second-order valence-corrected chi connectivity index (χ2v) is 5.79. The third kappa shape index (κ3) is 2.83. The van der Waals surface area contributed by atoms with Crippen LogP contribution in [0.5, 0.6) is 0 Å². The zero-order chi connectivity index (χ0) is 13.2. The molecule has 96 valence electrons. The van der Waals surface area contributed by atoms with E-state index in [-0.39, 0.29) is 4.90 Å². The highest BCUT2D eigenvalue weighted by molar-refractivity contribution is 7.90. The van der Waals surface area contributed by atoms with E-state index in [2.05, 4.69) is 20.4 Å². The van der Waals surface area contributed by atoms with Crippen molar-refractivity contribution < 1.29 is 8.42 Å². The van der Waals surface area contributed by atoms with Gasteiger partial charge in [0.1, 0.15) is 17.0 Å². The zero-order valence-electron chi connectivity index (χ0n) is 10.0. The number of aryl methyl sites for hydroxylation is 1. The highest BCUT2D eigenvalue weighted by Gasteiger charge is 2.13. The van der Waals surface area contributed by atoms with Crippen LogP contribution in [0.1, 0.15) is 5.82 Å². The molecule has 0 atom stereocenters. The Balaban J connectivity index is 2.20. The fraction of sp³-hybridized carbons (Fsp3) is 0.300. The molecule has 2 aromatic heterocycles. The number of sulfone groups is 1. The maximum Gasteiger partial charge on any atom is 0.179 e. The molecule has 0 aromatic carbocycles. The van der Waals surface area contributed by atoms with Crippen molar-refractivity contribution in [1.82, 2.24) is 19.7 Å². The Morgan fingerprint density at radius 1 is 1.39 bits per heavy atom. The molecule has 2 heterocycles. The smallest absolute Gasteiger partial charge is 0.179 e. The molecule has 1 N–H and O–H groups in total. The lowest BCUT2D eigenvalue weighted by Crippen LogP contribution is -2.09. The summed E-state index contributed by atoms with van der Waals surface area (Å²) >= 11 is 0. The Morgan fingerprint density at radius 3 is 2.78 bits per heavy atom. The fourth-order valence-electron chi connectivity index (χ4n) is 1.45. The van der Waals surface area contributed by atoms with E-state index in [1.807, 2.05) is 0 Å². The van der Waals surface area contributed by atoms with Crippen LogP contribution in [0.2, 0.25) is 0 Å². The van der Waals surface area contributed by atoms with Gasteiger partial charge in [-0.15, -0.1) is 0 Å². The molecule has 0 aliphatic carbocycles. The molecule has 0 bridgehead atoms. The summed E-state index contributed by atoms with van der Waals surface area (Å²) < 4.78 is 24.7. The van der Waals surface area contributed by atoms with Crippen molar-refractivity contribution in [2.75, 3.05) is 11.6 Å². The Labute approximate surface area is 105 Å². The number of aromatic nitrogens is 4. The van der Waals surface area contributed by atoms with Crippen LogP contribution in [0.3, 0.4) is 0 Å². The summed E-state index contributed by atoms with van der Waals surface area (Å²) in [5.41, 5.74) is 0. The standard InChI is InChI=1S/C10H13N5O2S/c1-15-7-13-9(14-15)6-12-10-8(18(2,16)17)4-3-5-11-10/h3-5,7H,6H2,1-2H3,(H,11,12). The van der Waals surface area contributed by atoms with E-state index in [4.69, 9.17) is 0 Å². The molecule has 7 nitrogen and oxygen atoms in total. The van der Waals surface area contributed by atoms with Crippen molar-refractivity contribution >= 4 is 15.7 Å². The van der Waals surface area contributed by atoms with Crippen LogP contribution in [0.15, 0.2) is 29.6 Å². The number of rotatable bonds is 4. The second kappa shape index (κ2) is 4.73. The van der Waals surface area contributed by atoms with Crippen LogP contribution in [-0.4, -0.2) is 34.4 Å². The molecule has 18 heavy (non-hydrogen) atoms. The molecule has 0 fully saturated rings. The maximum atomic E-state index is 11.6. The van der Waals surface area contributed by atoms with Gasteiger partial charge in [0.15, 0.2) is 15.7 Å². The van der Waals surface area contributed by atoms with Crippen molar-refractivity contribution in [3.05, 3.63) is 30.5 Å². The Hall–Kier alpha value is -1.96. The Bertz CT molecular complexity index is 650. The van der Waals surface area contributed by atoms with E-state index in [0.717, 1.165) is 6.26 Å². The predicted molar refractivity (Wildman–Crippen MR) is 65.7 cm³/mol.